The van der Waals surface area contributed by atoms with E-state index in [9.17, 15) is 18.4 Å². The van der Waals surface area contributed by atoms with Gasteiger partial charge in [-0.15, -0.1) is 11.3 Å². The highest BCUT2D eigenvalue weighted by Gasteiger charge is 2.31. The molecule has 122 valence electrons. The van der Waals surface area contributed by atoms with Crippen LogP contribution < -0.4 is 0 Å². The standard InChI is InChI=1S/C17H12F3N3S/c1-10-3-5-14(23(2)9-10)12(8-21)16-22-13-7-11(17(18,19)20)4-6-15(13)24-16/h3-7,9H,1-2H3. The highest BCUT2D eigenvalue weighted by atomic mass is 32.1. The molecule has 2 heterocycles. The Balaban J connectivity index is 2.12. The fraction of sp³-hybridized carbons (Fsp3) is 0.176. The van der Waals surface area contributed by atoms with Crippen LogP contribution in [0.4, 0.5) is 13.2 Å². The fourth-order valence-corrected chi connectivity index (χ4v) is 3.38. The highest BCUT2D eigenvalue weighted by Crippen LogP contribution is 2.35. The van der Waals surface area contributed by atoms with Gasteiger partial charge in [0.25, 0.3) is 0 Å². The van der Waals surface area contributed by atoms with Crippen LogP contribution >= 0.6 is 11.3 Å². The van der Waals surface area contributed by atoms with Crippen molar-refractivity contribution in [1.82, 2.24) is 9.88 Å². The van der Waals surface area contributed by atoms with Gasteiger partial charge in [-0.1, -0.05) is 6.08 Å². The summed E-state index contributed by atoms with van der Waals surface area (Å²) >= 11 is 1.21. The van der Waals surface area contributed by atoms with Crippen molar-refractivity contribution in [3.63, 3.8) is 0 Å². The van der Waals surface area contributed by atoms with Crippen LogP contribution in [0.15, 0.2) is 47.8 Å². The maximum Gasteiger partial charge on any atom is 0.416 e. The first-order chi connectivity index (χ1) is 11.3. The number of thiazole rings is 1. The zero-order chi connectivity index (χ0) is 17.5. The largest absolute Gasteiger partial charge is 0.416 e. The van der Waals surface area contributed by atoms with Crippen LogP contribution in [0.3, 0.4) is 0 Å². The van der Waals surface area contributed by atoms with E-state index in [-0.39, 0.29) is 5.52 Å². The summed E-state index contributed by atoms with van der Waals surface area (Å²) in [5.74, 6) is 0. The molecule has 0 saturated heterocycles. The third kappa shape index (κ3) is 2.93. The van der Waals surface area contributed by atoms with Gasteiger partial charge < -0.3 is 4.90 Å². The summed E-state index contributed by atoms with van der Waals surface area (Å²) in [6.45, 7) is 1.94. The molecule has 0 amide bonds. The molecule has 0 atom stereocenters. The lowest BCUT2D eigenvalue weighted by Gasteiger charge is -2.21. The normalized spacial score (nSPS) is 17.0. The van der Waals surface area contributed by atoms with E-state index in [1.54, 1.807) is 11.0 Å². The summed E-state index contributed by atoms with van der Waals surface area (Å²) in [4.78, 5) is 6.05. The van der Waals surface area contributed by atoms with E-state index in [1.807, 2.05) is 26.2 Å². The molecular weight excluding hydrogens is 335 g/mol. The van der Waals surface area contributed by atoms with Gasteiger partial charge in [-0.2, -0.15) is 18.4 Å². The van der Waals surface area contributed by atoms with Gasteiger partial charge in [0.1, 0.15) is 16.6 Å². The van der Waals surface area contributed by atoms with E-state index >= 15 is 0 Å². The number of nitriles is 1. The monoisotopic (exact) mass is 347 g/mol. The Hall–Kier alpha value is -2.59. The van der Waals surface area contributed by atoms with Crippen LogP contribution in [0.1, 0.15) is 17.5 Å². The van der Waals surface area contributed by atoms with Crippen LogP contribution in [0.25, 0.3) is 15.8 Å². The molecular formula is C17H12F3N3S. The van der Waals surface area contributed by atoms with Crippen molar-refractivity contribution in [3.8, 4) is 6.07 Å². The van der Waals surface area contributed by atoms with Crippen molar-refractivity contribution < 1.29 is 13.2 Å². The molecule has 1 aromatic carbocycles. The van der Waals surface area contributed by atoms with Gasteiger partial charge in [0.2, 0.25) is 0 Å². The molecule has 0 spiro atoms. The Morgan fingerprint density at radius 1 is 1.29 bits per heavy atom. The smallest absolute Gasteiger partial charge is 0.350 e. The summed E-state index contributed by atoms with van der Waals surface area (Å²) < 4.78 is 39.1. The average Bonchev–Trinajstić information content (AvgIpc) is 2.91. The highest BCUT2D eigenvalue weighted by molar-refractivity contribution is 7.19. The molecule has 2 aromatic rings. The zero-order valence-corrected chi connectivity index (χ0v) is 13.7. The number of benzene rings is 1. The molecule has 24 heavy (non-hydrogen) atoms. The molecule has 3 rings (SSSR count). The van der Waals surface area contributed by atoms with Gasteiger partial charge in [0.05, 0.1) is 21.5 Å². The lowest BCUT2D eigenvalue weighted by Crippen LogP contribution is -2.13. The van der Waals surface area contributed by atoms with E-state index in [1.165, 1.54) is 17.4 Å². The van der Waals surface area contributed by atoms with Gasteiger partial charge in [-0.05, 0) is 36.8 Å². The Morgan fingerprint density at radius 3 is 2.67 bits per heavy atom. The van der Waals surface area contributed by atoms with Crippen LogP contribution in [0.5, 0.6) is 0 Å². The van der Waals surface area contributed by atoms with Crippen molar-refractivity contribution in [3.05, 3.63) is 58.4 Å². The summed E-state index contributed by atoms with van der Waals surface area (Å²) in [6.07, 6.45) is 1.15. The van der Waals surface area contributed by atoms with E-state index in [2.05, 4.69) is 11.1 Å². The lowest BCUT2D eigenvalue weighted by atomic mass is 10.1. The van der Waals surface area contributed by atoms with E-state index in [0.29, 0.717) is 21.0 Å². The molecule has 0 unspecified atom stereocenters. The van der Waals surface area contributed by atoms with Crippen LogP contribution in [-0.2, 0) is 6.18 Å². The van der Waals surface area contributed by atoms with Crippen molar-refractivity contribution in [2.75, 3.05) is 7.05 Å². The maximum atomic E-state index is 12.8. The third-order valence-corrected chi connectivity index (χ3v) is 4.63. The lowest BCUT2D eigenvalue weighted by molar-refractivity contribution is -0.137. The number of nitrogens with zero attached hydrogens (tertiary/aromatic N) is 3. The van der Waals surface area contributed by atoms with Gasteiger partial charge >= 0.3 is 6.18 Å². The minimum Gasteiger partial charge on any atom is -0.350 e. The summed E-state index contributed by atoms with van der Waals surface area (Å²) in [7, 11) is 1.81. The van der Waals surface area contributed by atoms with Crippen LogP contribution in [0, 0.1) is 11.3 Å². The number of allylic oxidation sites excluding steroid dienone is 4. The molecule has 1 aromatic heterocycles. The van der Waals surface area contributed by atoms with Crippen LogP contribution in [0.2, 0.25) is 0 Å². The third-order valence-electron chi connectivity index (χ3n) is 3.58. The van der Waals surface area contributed by atoms with E-state index in [4.69, 9.17) is 0 Å². The number of alkyl halides is 3. The number of hydrogen-bond donors (Lipinski definition) is 0. The second kappa shape index (κ2) is 5.80. The number of hydrogen-bond acceptors (Lipinski definition) is 4. The second-order valence-electron chi connectivity index (χ2n) is 5.39. The summed E-state index contributed by atoms with van der Waals surface area (Å²) in [5, 5.41) is 9.93. The predicted molar refractivity (Wildman–Crippen MR) is 87.8 cm³/mol. The Kier molecular flexibility index (Phi) is 3.93. The van der Waals surface area contributed by atoms with Crippen molar-refractivity contribution in [2.24, 2.45) is 0 Å². The molecule has 0 N–H and O–H groups in total. The van der Waals surface area contributed by atoms with Crippen molar-refractivity contribution >= 4 is 27.1 Å². The van der Waals surface area contributed by atoms with Gasteiger partial charge in [-0.25, -0.2) is 4.98 Å². The molecule has 0 fully saturated rings. The second-order valence-corrected chi connectivity index (χ2v) is 6.42. The molecule has 7 heteroatoms. The predicted octanol–water partition coefficient (Wildman–Crippen LogP) is 4.96. The van der Waals surface area contributed by atoms with E-state index < -0.39 is 11.7 Å². The summed E-state index contributed by atoms with van der Waals surface area (Å²) in [5.41, 5.74) is 1.54. The summed E-state index contributed by atoms with van der Waals surface area (Å²) in [6, 6.07) is 5.56. The number of likely N-dealkylation sites (N-methyl/N-ethyl adjacent to an activating group) is 1. The van der Waals surface area contributed by atoms with Gasteiger partial charge in [0.15, 0.2) is 0 Å². The molecule has 0 bridgehead atoms. The number of aromatic nitrogens is 1. The average molecular weight is 347 g/mol. The molecule has 0 aliphatic carbocycles. The minimum atomic E-state index is -4.41. The zero-order valence-electron chi connectivity index (χ0n) is 12.8. The first-order valence-electron chi connectivity index (χ1n) is 7.01. The molecule has 0 radical (unpaired) electrons. The Labute approximate surface area is 140 Å². The maximum absolute atomic E-state index is 12.8. The van der Waals surface area contributed by atoms with Gasteiger partial charge in [0, 0.05) is 13.2 Å². The quantitative estimate of drug-likeness (QED) is 0.685. The van der Waals surface area contributed by atoms with Gasteiger partial charge in [-0.3, -0.25) is 0 Å². The van der Waals surface area contributed by atoms with Crippen LogP contribution in [-0.4, -0.2) is 16.9 Å². The first-order valence-corrected chi connectivity index (χ1v) is 7.83. The molecule has 3 nitrogen and oxygen atoms in total. The van der Waals surface area contributed by atoms with Crippen molar-refractivity contribution in [1.29, 1.82) is 5.26 Å². The Morgan fingerprint density at radius 2 is 2.04 bits per heavy atom. The molecule has 1 aliphatic heterocycles. The fourth-order valence-electron chi connectivity index (χ4n) is 2.43. The SMILES string of the molecule is CC1=CN(C)C(=C(C#N)c2nc3cc(C(F)(F)F)ccc3s2)C=C1. The minimum absolute atomic E-state index is 0.243. The number of halogens is 3. The topological polar surface area (TPSA) is 39.9 Å². The van der Waals surface area contributed by atoms with E-state index in [0.717, 1.165) is 17.7 Å². The molecule has 0 saturated carbocycles. The number of rotatable bonds is 1. The number of fused-ring (bicyclic) bond motifs is 1. The molecule has 1 aliphatic rings. The Bertz CT molecular complexity index is 942. The van der Waals surface area contributed by atoms with Crippen molar-refractivity contribution in [2.45, 2.75) is 13.1 Å². The first kappa shape index (κ1) is 16.3.